The Morgan fingerprint density at radius 2 is 0.800 bits per heavy atom. The molecule has 1 radical (unpaired) electrons. The van der Waals surface area contributed by atoms with Crippen LogP contribution in [-0.2, 0) is 55.9 Å². The van der Waals surface area contributed by atoms with Gasteiger partial charge in [-0.25, -0.2) is 0 Å². The van der Waals surface area contributed by atoms with Gasteiger partial charge in [0, 0.05) is 22.0 Å². The van der Waals surface area contributed by atoms with Crippen LogP contribution in [0.15, 0.2) is 0 Å². The summed E-state index contributed by atoms with van der Waals surface area (Å²) in [5.41, 5.74) is 0. The second-order valence-corrected chi connectivity index (χ2v) is 1.30. The molecular formula is CH5FeO6S2. The summed E-state index contributed by atoms with van der Waals surface area (Å²) in [5.74, 6) is 0. The minimum absolute atomic E-state index is 0. The van der Waals surface area contributed by atoms with E-state index in [1.807, 2.05) is 0 Å². The maximum atomic E-state index is 8.56. The fraction of sp³-hybridized carbons (Fsp3) is 0. The van der Waals surface area contributed by atoms with E-state index in [1.165, 1.54) is 0 Å². The van der Waals surface area contributed by atoms with Gasteiger partial charge in [-0.3, -0.25) is 0 Å². The van der Waals surface area contributed by atoms with Crippen molar-refractivity contribution < 1.29 is 43.0 Å². The van der Waals surface area contributed by atoms with Crippen LogP contribution in [-0.4, -0.2) is 9.11 Å². The van der Waals surface area contributed by atoms with Gasteiger partial charge in [0.05, 0.1) is 0 Å². The van der Waals surface area contributed by atoms with Crippen LogP contribution in [0, 0.1) is 7.43 Å². The van der Waals surface area contributed by atoms with Crippen LogP contribution in [0.1, 0.15) is 0 Å². The van der Waals surface area contributed by atoms with Crippen LogP contribution in [0.3, 0.4) is 0 Å². The average molecular weight is 233 g/mol. The molecule has 0 aliphatic rings. The molecular weight excluding hydrogens is 228 g/mol. The first-order valence-electron chi connectivity index (χ1n) is 1.03. The van der Waals surface area contributed by atoms with Crippen molar-refractivity contribution in [3.05, 3.63) is 7.43 Å². The Bertz CT molecular complexity index is 133. The van der Waals surface area contributed by atoms with Gasteiger partial charge in [0.15, 0.2) is 0 Å². The zero-order valence-corrected chi connectivity index (χ0v) is 7.43. The van der Waals surface area contributed by atoms with Gasteiger partial charge in [-0.05, 0) is 0 Å². The molecule has 10 heavy (non-hydrogen) atoms. The Labute approximate surface area is 72.7 Å². The average Bonchev–Trinajstić information content (AvgIpc) is 1.25. The summed E-state index contributed by atoms with van der Waals surface area (Å²) in [4.78, 5) is 0. The Morgan fingerprint density at radius 3 is 0.800 bits per heavy atom. The minimum atomic E-state index is -2.86. The topological polar surface area (TPSA) is 109 Å². The molecule has 0 fully saturated rings. The van der Waals surface area contributed by atoms with Crippen molar-refractivity contribution in [2.75, 3.05) is 0 Å². The van der Waals surface area contributed by atoms with Gasteiger partial charge in [0.2, 0.25) is 0 Å². The predicted molar refractivity (Wildman–Crippen MR) is 29.1 cm³/mol. The molecule has 0 spiro atoms. The molecule has 0 amide bonds. The van der Waals surface area contributed by atoms with Crippen LogP contribution in [0.5, 0.6) is 0 Å². The van der Waals surface area contributed by atoms with Crippen molar-refractivity contribution in [1.82, 2.24) is 0 Å². The van der Waals surface area contributed by atoms with Gasteiger partial charge < -0.3 is 33.4 Å². The van der Waals surface area contributed by atoms with Crippen molar-refractivity contribution in [3.8, 4) is 0 Å². The Hall–Kier alpha value is 0.339. The zero-order valence-electron chi connectivity index (χ0n) is 4.70. The summed E-state index contributed by atoms with van der Waals surface area (Å²) >= 11 is 0. The van der Waals surface area contributed by atoms with Crippen LogP contribution in [0.4, 0.5) is 0 Å². The van der Waals surface area contributed by atoms with Crippen molar-refractivity contribution in [3.63, 3.8) is 0 Å². The zero-order chi connectivity index (χ0) is 7.15. The molecule has 0 unspecified atom stereocenters. The second kappa shape index (κ2) is 16.2. The van der Waals surface area contributed by atoms with Crippen LogP contribution < -0.4 is 0 Å². The maximum Gasteiger partial charge on any atom is 3.00 e. The summed E-state index contributed by atoms with van der Waals surface area (Å²) in [6, 6.07) is 0. The van der Waals surface area contributed by atoms with Gasteiger partial charge >= 0.3 is 17.1 Å². The van der Waals surface area contributed by atoms with E-state index in [2.05, 4.69) is 0 Å². The van der Waals surface area contributed by atoms with Crippen molar-refractivity contribution >= 4 is 22.0 Å². The van der Waals surface area contributed by atoms with Gasteiger partial charge in [0.25, 0.3) is 0 Å². The van der Waals surface area contributed by atoms with Gasteiger partial charge in [-0.1, -0.05) is 0 Å². The Kier molecular flexibility index (Phi) is 36.3. The molecule has 0 rings (SSSR count). The first-order valence-corrected chi connectivity index (χ1v) is 3.10. The minimum Gasteiger partial charge on any atom is -0.439 e. The summed E-state index contributed by atoms with van der Waals surface area (Å²) < 4.78 is 48.2. The number of hydrogen-bond donors (Lipinski definition) is 2. The molecule has 0 saturated carbocycles. The third-order valence-corrected chi connectivity index (χ3v) is 0. The summed E-state index contributed by atoms with van der Waals surface area (Å²) in [5, 5.41) is 0. The fourth-order valence-corrected chi connectivity index (χ4v) is 0. The molecule has 0 heterocycles. The van der Waals surface area contributed by atoms with E-state index in [0.717, 1.165) is 0 Å². The molecule has 0 aromatic heterocycles. The quantitative estimate of drug-likeness (QED) is 0.200. The van der Waals surface area contributed by atoms with E-state index in [-0.39, 0.29) is 24.5 Å². The van der Waals surface area contributed by atoms with Gasteiger partial charge in [-0.15, -0.1) is 0 Å². The van der Waals surface area contributed by atoms with Crippen LogP contribution in [0.2, 0.25) is 0 Å². The second-order valence-electron chi connectivity index (χ2n) is 0.434. The van der Waals surface area contributed by atoms with Gasteiger partial charge in [-0.2, -0.15) is 0 Å². The number of rotatable bonds is 0. The summed E-state index contributed by atoms with van der Waals surface area (Å²) in [7, 11) is -5.72. The maximum absolute atomic E-state index is 8.56. The molecule has 2 N–H and O–H groups in total. The fourth-order valence-electron chi connectivity index (χ4n) is 0. The largest absolute Gasteiger partial charge is 3.00 e. The molecule has 65 valence electrons. The van der Waals surface area contributed by atoms with E-state index in [4.69, 9.17) is 25.9 Å². The van der Waals surface area contributed by atoms with E-state index in [9.17, 15) is 0 Å². The molecule has 0 aromatic carbocycles. The van der Waals surface area contributed by atoms with E-state index in [0.29, 0.717) is 0 Å². The standard InChI is InChI=1S/CH3.Fe.2HO3S/c;;2*1-4(2)3/h1H3;;2*(H,1,2,3)/q-1;+3;2*-1. The third kappa shape index (κ3) is 3900. The monoisotopic (exact) mass is 233 g/mol. The molecule has 0 saturated heterocycles. The SMILES string of the molecule is O=[S-](=O)O.O=[S-](=O)O.[CH3-].[Fe+3]. The van der Waals surface area contributed by atoms with Crippen molar-refractivity contribution in [1.29, 1.82) is 0 Å². The first-order chi connectivity index (χ1) is 3.46. The molecule has 9 heteroatoms. The smallest absolute Gasteiger partial charge is 0.439 e. The van der Waals surface area contributed by atoms with Crippen molar-refractivity contribution in [2.45, 2.75) is 0 Å². The van der Waals surface area contributed by atoms with Crippen LogP contribution in [0.25, 0.3) is 0 Å². The summed E-state index contributed by atoms with van der Waals surface area (Å²) in [6.07, 6.45) is 0. The van der Waals surface area contributed by atoms with E-state index in [1.54, 1.807) is 0 Å². The predicted octanol–water partition coefficient (Wildman–Crippen LogP) is -0.0148. The third-order valence-electron chi connectivity index (χ3n) is 0. The molecule has 0 bridgehead atoms. The molecule has 0 aliphatic heterocycles. The Balaban J connectivity index is -0.0000000300. The normalized spacial score (nSPS) is 6.80. The Morgan fingerprint density at radius 1 is 0.800 bits per heavy atom. The molecule has 0 atom stereocenters. The molecule has 6 nitrogen and oxygen atoms in total. The van der Waals surface area contributed by atoms with E-state index < -0.39 is 22.0 Å². The van der Waals surface area contributed by atoms with Crippen molar-refractivity contribution in [2.24, 2.45) is 0 Å². The summed E-state index contributed by atoms with van der Waals surface area (Å²) in [6.45, 7) is 0. The van der Waals surface area contributed by atoms with E-state index >= 15 is 0 Å². The molecule has 0 aromatic rings. The molecule has 0 aliphatic carbocycles. The van der Waals surface area contributed by atoms with Gasteiger partial charge in [0.1, 0.15) is 0 Å². The first kappa shape index (κ1) is 22.4. The van der Waals surface area contributed by atoms with Crippen LogP contribution >= 0.6 is 0 Å². The number of hydrogen-bond acceptors (Lipinski definition) is 6.